The number of piperidine rings is 2. The van der Waals surface area contributed by atoms with Crippen LogP contribution >= 0.6 is 0 Å². The van der Waals surface area contributed by atoms with Gasteiger partial charge in [0.15, 0.2) is 0 Å². The van der Waals surface area contributed by atoms with Crippen molar-refractivity contribution in [3.8, 4) is 0 Å². The van der Waals surface area contributed by atoms with Crippen molar-refractivity contribution in [3.05, 3.63) is 11.6 Å². The van der Waals surface area contributed by atoms with Crippen molar-refractivity contribution in [2.75, 3.05) is 52.5 Å². The third-order valence-electron chi connectivity index (χ3n) is 7.66. The van der Waals surface area contributed by atoms with Crippen molar-refractivity contribution in [3.63, 3.8) is 0 Å². The van der Waals surface area contributed by atoms with Gasteiger partial charge in [-0.2, -0.15) is 0 Å². The molecular formula is C25H42N2O4. The molecule has 0 bridgehead atoms. The van der Waals surface area contributed by atoms with E-state index in [0.29, 0.717) is 26.3 Å². The van der Waals surface area contributed by atoms with E-state index in [1.807, 2.05) is 0 Å². The molecule has 2 aliphatic heterocycles. The number of rotatable bonds is 8. The van der Waals surface area contributed by atoms with E-state index in [-0.39, 0.29) is 29.2 Å². The van der Waals surface area contributed by atoms with Crippen LogP contribution < -0.4 is 0 Å². The van der Waals surface area contributed by atoms with Gasteiger partial charge in [0.05, 0.1) is 13.1 Å². The number of nitrogens with zero attached hydrogens (tertiary/aromatic N) is 2. The van der Waals surface area contributed by atoms with Crippen LogP contribution in [0.1, 0.15) is 65.7 Å². The van der Waals surface area contributed by atoms with Crippen molar-refractivity contribution < 1.29 is 19.1 Å². The summed E-state index contributed by atoms with van der Waals surface area (Å²) in [4.78, 5) is 29.5. The number of carbonyl (C=O) groups is 2. The molecule has 0 amide bonds. The molecular weight excluding hydrogens is 392 g/mol. The Morgan fingerprint density at radius 3 is 1.74 bits per heavy atom. The highest BCUT2D eigenvalue weighted by Gasteiger charge is 2.45. The van der Waals surface area contributed by atoms with E-state index < -0.39 is 0 Å². The van der Waals surface area contributed by atoms with Gasteiger partial charge in [-0.3, -0.25) is 19.4 Å². The van der Waals surface area contributed by atoms with Gasteiger partial charge in [-0.15, -0.1) is 0 Å². The predicted octanol–water partition coefficient (Wildman–Crippen LogP) is 3.65. The summed E-state index contributed by atoms with van der Waals surface area (Å²) in [7, 11) is 0. The van der Waals surface area contributed by atoms with Crippen LogP contribution in [-0.4, -0.2) is 74.2 Å². The average Bonchev–Trinajstić information content (AvgIpc) is 2.74. The molecule has 2 fully saturated rings. The Kier molecular flexibility index (Phi) is 8.96. The second-order valence-electron chi connectivity index (χ2n) is 10.1. The topological polar surface area (TPSA) is 59.1 Å². The number of hydrogen-bond acceptors (Lipinski definition) is 6. The minimum absolute atomic E-state index is 0.161. The summed E-state index contributed by atoms with van der Waals surface area (Å²) >= 11 is 0. The van der Waals surface area contributed by atoms with Crippen molar-refractivity contribution in [1.29, 1.82) is 0 Å². The molecule has 6 heteroatoms. The van der Waals surface area contributed by atoms with Gasteiger partial charge in [0.25, 0.3) is 0 Å². The molecule has 31 heavy (non-hydrogen) atoms. The highest BCUT2D eigenvalue weighted by Crippen LogP contribution is 2.45. The van der Waals surface area contributed by atoms with Gasteiger partial charge in [-0.05, 0) is 77.0 Å². The maximum atomic E-state index is 12.6. The molecule has 176 valence electrons. The van der Waals surface area contributed by atoms with E-state index in [4.69, 9.17) is 9.47 Å². The maximum absolute atomic E-state index is 12.6. The van der Waals surface area contributed by atoms with Crippen LogP contribution in [0.2, 0.25) is 0 Å². The Labute approximate surface area is 188 Å². The number of carbonyl (C=O) groups excluding carboxylic acids is 2. The molecule has 0 aromatic carbocycles. The van der Waals surface area contributed by atoms with E-state index in [0.717, 1.165) is 58.3 Å². The van der Waals surface area contributed by atoms with Gasteiger partial charge < -0.3 is 9.47 Å². The van der Waals surface area contributed by atoms with Gasteiger partial charge in [0, 0.05) is 5.41 Å². The van der Waals surface area contributed by atoms with E-state index in [1.54, 1.807) is 0 Å². The van der Waals surface area contributed by atoms with Crippen LogP contribution in [0.5, 0.6) is 0 Å². The molecule has 2 heterocycles. The average molecular weight is 435 g/mol. The smallest absolute Gasteiger partial charge is 0.320 e. The summed E-state index contributed by atoms with van der Waals surface area (Å²) in [6, 6.07) is 0. The van der Waals surface area contributed by atoms with Crippen LogP contribution in [0.4, 0.5) is 0 Å². The fourth-order valence-corrected chi connectivity index (χ4v) is 5.51. The Balaban J connectivity index is 1.58. The van der Waals surface area contributed by atoms with E-state index in [1.165, 1.54) is 18.4 Å². The molecule has 6 nitrogen and oxygen atoms in total. The molecule has 0 saturated carbocycles. The van der Waals surface area contributed by atoms with Gasteiger partial charge in [-0.1, -0.05) is 38.3 Å². The molecule has 0 unspecified atom stereocenters. The lowest BCUT2D eigenvalue weighted by Gasteiger charge is -2.45. The minimum atomic E-state index is -0.366. The summed E-state index contributed by atoms with van der Waals surface area (Å²) in [5, 5.41) is 0. The zero-order chi connectivity index (χ0) is 22.3. The zero-order valence-electron chi connectivity index (χ0n) is 19.9. The molecule has 0 spiro atoms. The molecule has 3 rings (SSSR count). The molecule has 1 aliphatic carbocycles. The largest absolute Gasteiger partial charge is 0.464 e. The quantitative estimate of drug-likeness (QED) is 0.429. The van der Waals surface area contributed by atoms with Crippen LogP contribution in [0, 0.1) is 17.3 Å². The van der Waals surface area contributed by atoms with Crippen molar-refractivity contribution in [1.82, 2.24) is 9.80 Å². The molecule has 0 N–H and O–H groups in total. The maximum Gasteiger partial charge on any atom is 0.320 e. The van der Waals surface area contributed by atoms with Gasteiger partial charge in [0.2, 0.25) is 0 Å². The van der Waals surface area contributed by atoms with Crippen LogP contribution in [0.15, 0.2) is 11.6 Å². The fourth-order valence-electron chi connectivity index (χ4n) is 5.51. The molecule has 2 atom stereocenters. The predicted molar refractivity (Wildman–Crippen MR) is 122 cm³/mol. The molecule has 3 aliphatic rings. The second kappa shape index (κ2) is 11.5. The monoisotopic (exact) mass is 434 g/mol. The van der Waals surface area contributed by atoms with Crippen molar-refractivity contribution in [2.24, 2.45) is 17.3 Å². The van der Waals surface area contributed by atoms with Crippen LogP contribution in [-0.2, 0) is 19.1 Å². The van der Waals surface area contributed by atoms with Crippen molar-refractivity contribution in [2.45, 2.75) is 65.7 Å². The lowest BCUT2D eigenvalue weighted by atomic mass is 9.63. The summed E-state index contributed by atoms with van der Waals surface area (Å²) in [5.41, 5.74) is 0.990. The zero-order valence-corrected chi connectivity index (χ0v) is 19.9. The summed E-state index contributed by atoms with van der Waals surface area (Å²) in [6.45, 7) is 11.8. The third kappa shape index (κ3) is 6.79. The van der Waals surface area contributed by atoms with Crippen LogP contribution in [0.3, 0.4) is 0 Å². The number of allylic oxidation sites excluding steroid dienone is 2. The van der Waals surface area contributed by atoms with Gasteiger partial charge >= 0.3 is 11.9 Å². The molecule has 0 aromatic rings. The number of esters is 2. The second-order valence-corrected chi connectivity index (χ2v) is 10.1. The Hall–Kier alpha value is -1.40. The summed E-state index contributed by atoms with van der Waals surface area (Å²) in [5.74, 6) is 0.137. The van der Waals surface area contributed by atoms with Gasteiger partial charge in [-0.25, -0.2) is 0 Å². The molecule has 0 aromatic heterocycles. The Bertz CT molecular complexity index is 599. The highest BCUT2D eigenvalue weighted by atomic mass is 16.5. The summed E-state index contributed by atoms with van der Waals surface area (Å²) in [6.07, 6.45) is 10.3. The number of ether oxygens (including phenoxy) is 2. The Morgan fingerprint density at radius 1 is 0.871 bits per heavy atom. The summed E-state index contributed by atoms with van der Waals surface area (Å²) < 4.78 is 11.7. The number of hydrogen-bond donors (Lipinski definition) is 0. The van der Waals surface area contributed by atoms with E-state index >= 15 is 0 Å². The van der Waals surface area contributed by atoms with E-state index in [2.05, 4.69) is 36.6 Å². The highest BCUT2D eigenvalue weighted by molar-refractivity contribution is 5.72. The first-order chi connectivity index (χ1) is 14.9. The normalized spacial score (nSPS) is 27.4. The lowest BCUT2D eigenvalue weighted by molar-refractivity contribution is -0.161. The first-order valence-electron chi connectivity index (χ1n) is 12.3. The molecule has 2 saturated heterocycles. The standard InChI is InChI=1S/C25H42N2O4/c1-20-14-21(2)25(22(3)15-20,18-30-23(28)16-26-10-6-4-7-11-26)19-31-24(29)17-27-12-8-5-9-13-27/h14,21-22H,4-13,15-19H2,1-3H3/t21-,22+/m0/s1. The first-order valence-corrected chi connectivity index (χ1v) is 12.3. The fraction of sp³-hybridized carbons (Fsp3) is 0.840. The number of likely N-dealkylation sites (tertiary alicyclic amines) is 2. The third-order valence-corrected chi connectivity index (χ3v) is 7.66. The van der Waals surface area contributed by atoms with Gasteiger partial charge in [0.1, 0.15) is 13.2 Å². The van der Waals surface area contributed by atoms with E-state index in [9.17, 15) is 9.59 Å². The minimum Gasteiger partial charge on any atom is -0.464 e. The first kappa shape index (κ1) is 24.2. The molecule has 0 radical (unpaired) electrons. The SMILES string of the molecule is CC1=C[C@H](C)C(COC(=O)CN2CCCCC2)(COC(=O)CN2CCCCC2)[C@H](C)C1. The van der Waals surface area contributed by atoms with Crippen LogP contribution in [0.25, 0.3) is 0 Å². The van der Waals surface area contributed by atoms with Crippen molar-refractivity contribution >= 4 is 11.9 Å². The lowest BCUT2D eigenvalue weighted by Crippen LogP contribution is -2.48. The Morgan fingerprint density at radius 2 is 1.32 bits per heavy atom.